The van der Waals surface area contributed by atoms with Crippen LogP contribution in [0, 0.1) is 0 Å². The van der Waals surface area contributed by atoms with E-state index < -0.39 is 46.3 Å². The van der Waals surface area contributed by atoms with Crippen LogP contribution in [0.4, 0.5) is 4.79 Å². The highest BCUT2D eigenvalue weighted by atomic mass is 32.2. The molecule has 0 aliphatic rings. The van der Waals surface area contributed by atoms with Gasteiger partial charge in [-0.1, -0.05) is 79.7 Å². The molecule has 47 heavy (non-hydrogen) atoms. The number of alkyl carbamates (subject to hydrolysis) is 1. The highest BCUT2D eigenvalue weighted by molar-refractivity contribution is 7.89. The standard InChI is InChI=1S/C36H49N3O7S/c1-6-30(18-13-19-31(24-40)39(25(2)3)47(44,45)32-22-20-27(21-23-32)26(4)41)37-35(42)34(38-36(43)46-5)33(28-14-9-7-10-15-28)29-16-11-8-12-17-29/h7-12,14-17,20-23,25-26,30-31,33-34,40-41H,6,13,18-19,24H2,1-5H3,(H,37,42)(H,38,43)/t26-,30-,31-,34-/m0/s1. The van der Waals surface area contributed by atoms with Crippen LogP contribution in [-0.2, 0) is 19.6 Å². The van der Waals surface area contributed by atoms with Crippen LogP contribution in [0.15, 0.2) is 89.8 Å². The van der Waals surface area contributed by atoms with Crippen LogP contribution < -0.4 is 10.6 Å². The number of aliphatic hydroxyl groups is 2. The Bertz CT molecular complexity index is 1460. The average Bonchev–Trinajstić information content (AvgIpc) is 3.07. The number of amides is 2. The molecule has 0 heterocycles. The zero-order chi connectivity index (χ0) is 34.6. The fourth-order valence-electron chi connectivity index (χ4n) is 5.89. The van der Waals surface area contributed by atoms with Gasteiger partial charge < -0.3 is 25.6 Å². The lowest BCUT2D eigenvalue weighted by atomic mass is 9.84. The number of hydrogen-bond donors (Lipinski definition) is 4. The van der Waals surface area contributed by atoms with E-state index in [9.17, 15) is 28.2 Å². The predicted octanol–water partition coefficient (Wildman–Crippen LogP) is 5.12. The van der Waals surface area contributed by atoms with Crippen LogP contribution >= 0.6 is 0 Å². The second-order valence-electron chi connectivity index (χ2n) is 12.0. The fourth-order valence-corrected chi connectivity index (χ4v) is 7.73. The Kier molecular flexibility index (Phi) is 14.4. The van der Waals surface area contributed by atoms with Gasteiger partial charge >= 0.3 is 6.09 Å². The molecule has 0 aromatic heterocycles. The van der Waals surface area contributed by atoms with Crippen LogP contribution in [0.1, 0.15) is 82.1 Å². The van der Waals surface area contributed by atoms with Crippen molar-refractivity contribution in [2.24, 2.45) is 0 Å². The van der Waals surface area contributed by atoms with Gasteiger partial charge in [-0.2, -0.15) is 4.31 Å². The number of rotatable bonds is 17. The molecule has 256 valence electrons. The van der Waals surface area contributed by atoms with E-state index in [2.05, 4.69) is 10.6 Å². The number of methoxy groups -OCH3 is 1. The second-order valence-corrected chi connectivity index (χ2v) is 13.8. The van der Waals surface area contributed by atoms with E-state index in [1.807, 2.05) is 67.6 Å². The average molecular weight is 668 g/mol. The van der Waals surface area contributed by atoms with Gasteiger partial charge in [0.15, 0.2) is 0 Å². The lowest BCUT2D eigenvalue weighted by Gasteiger charge is -2.33. The maximum atomic E-state index is 13.9. The summed E-state index contributed by atoms with van der Waals surface area (Å²) >= 11 is 0. The van der Waals surface area contributed by atoms with E-state index in [4.69, 9.17) is 4.74 Å². The largest absolute Gasteiger partial charge is 0.453 e. The Morgan fingerprint density at radius 3 is 1.83 bits per heavy atom. The molecule has 2 amide bonds. The predicted molar refractivity (Wildman–Crippen MR) is 182 cm³/mol. The summed E-state index contributed by atoms with van der Waals surface area (Å²) in [5, 5.41) is 26.0. The summed E-state index contributed by atoms with van der Waals surface area (Å²) in [7, 11) is -2.70. The summed E-state index contributed by atoms with van der Waals surface area (Å²) in [5.74, 6) is -0.863. The SMILES string of the molecule is CC[C@@H](CCC[C@@H](CO)N(C(C)C)S(=O)(=O)c1ccc([C@H](C)O)cc1)NC(=O)[C@@H](NC(=O)OC)C(c1ccccc1)c1ccccc1. The van der Waals surface area contributed by atoms with Crippen molar-refractivity contribution in [2.75, 3.05) is 13.7 Å². The molecule has 0 unspecified atom stereocenters. The summed E-state index contributed by atoms with van der Waals surface area (Å²) in [6.07, 6.45) is 0.575. The summed E-state index contributed by atoms with van der Waals surface area (Å²) in [6.45, 7) is 6.73. The first-order valence-corrected chi connectivity index (χ1v) is 17.6. The number of sulfonamides is 1. The van der Waals surface area contributed by atoms with Crippen LogP contribution in [-0.4, -0.2) is 72.8 Å². The molecule has 0 aliphatic carbocycles. The van der Waals surface area contributed by atoms with Crippen molar-refractivity contribution in [3.8, 4) is 0 Å². The van der Waals surface area contributed by atoms with Gasteiger partial charge in [-0.15, -0.1) is 0 Å². The first-order chi connectivity index (χ1) is 22.4. The first-order valence-electron chi connectivity index (χ1n) is 16.1. The molecule has 3 rings (SSSR count). The third-order valence-corrected chi connectivity index (χ3v) is 10.5. The van der Waals surface area contributed by atoms with Crippen molar-refractivity contribution >= 4 is 22.0 Å². The van der Waals surface area contributed by atoms with Crippen LogP contribution in [0.2, 0.25) is 0 Å². The quantitative estimate of drug-likeness (QED) is 0.156. The number of hydrogen-bond acceptors (Lipinski definition) is 7. The van der Waals surface area contributed by atoms with Gasteiger partial charge in [0.1, 0.15) is 6.04 Å². The van der Waals surface area contributed by atoms with E-state index in [1.165, 1.54) is 23.5 Å². The monoisotopic (exact) mass is 667 g/mol. The molecule has 10 nitrogen and oxygen atoms in total. The molecule has 0 spiro atoms. The number of ether oxygens (including phenoxy) is 1. The van der Waals surface area contributed by atoms with E-state index in [0.29, 0.717) is 31.2 Å². The molecule has 0 fully saturated rings. The van der Waals surface area contributed by atoms with E-state index in [-0.39, 0.29) is 23.5 Å². The molecule has 0 radical (unpaired) electrons. The minimum atomic E-state index is -3.95. The molecule has 11 heteroatoms. The number of carbonyl (C=O) groups excluding carboxylic acids is 2. The molecular formula is C36H49N3O7S. The fraction of sp³-hybridized carbons (Fsp3) is 0.444. The Labute approximate surface area is 279 Å². The minimum absolute atomic E-state index is 0.0864. The second kappa shape index (κ2) is 18.0. The molecule has 0 saturated carbocycles. The van der Waals surface area contributed by atoms with Crippen LogP contribution in [0.5, 0.6) is 0 Å². The third kappa shape index (κ3) is 10.1. The van der Waals surface area contributed by atoms with Gasteiger partial charge in [0, 0.05) is 24.0 Å². The number of nitrogens with zero attached hydrogens (tertiary/aromatic N) is 1. The maximum Gasteiger partial charge on any atom is 0.407 e. The van der Waals surface area contributed by atoms with Crippen LogP contribution in [0.3, 0.4) is 0 Å². The van der Waals surface area contributed by atoms with E-state index >= 15 is 0 Å². The maximum absolute atomic E-state index is 13.9. The molecule has 0 bridgehead atoms. The van der Waals surface area contributed by atoms with Gasteiger partial charge in [-0.05, 0) is 75.3 Å². The summed E-state index contributed by atoms with van der Waals surface area (Å²) in [4.78, 5) is 26.5. The highest BCUT2D eigenvalue weighted by Gasteiger charge is 2.35. The molecule has 0 saturated heterocycles. The summed E-state index contributed by atoms with van der Waals surface area (Å²) < 4.78 is 33.6. The normalized spacial score (nSPS) is 14.4. The topological polar surface area (TPSA) is 145 Å². The number of nitrogens with one attached hydrogen (secondary N) is 2. The summed E-state index contributed by atoms with van der Waals surface area (Å²) in [6, 6.07) is 22.7. The molecular weight excluding hydrogens is 618 g/mol. The lowest BCUT2D eigenvalue weighted by molar-refractivity contribution is -0.124. The van der Waals surface area contributed by atoms with E-state index in [1.54, 1.807) is 32.9 Å². The minimum Gasteiger partial charge on any atom is -0.453 e. The van der Waals surface area contributed by atoms with Crippen molar-refractivity contribution in [1.82, 2.24) is 14.9 Å². The van der Waals surface area contributed by atoms with Gasteiger partial charge in [0.25, 0.3) is 0 Å². The zero-order valence-electron chi connectivity index (χ0n) is 27.9. The molecule has 3 aromatic carbocycles. The van der Waals surface area contributed by atoms with Crippen molar-refractivity contribution < 1.29 is 33.0 Å². The molecule has 0 aliphatic heterocycles. The third-order valence-electron chi connectivity index (χ3n) is 8.34. The molecule has 4 N–H and O–H groups in total. The van der Waals surface area contributed by atoms with Gasteiger partial charge in [-0.25, -0.2) is 13.2 Å². The lowest BCUT2D eigenvalue weighted by Crippen LogP contribution is -2.52. The van der Waals surface area contributed by atoms with Crippen molar-refractivity contribution in [3.63, 3.8) is 0 Å². The Balaban J connectivity index is 1.78. The van der Waals surface area contributed by atoms with Gasteiger partial charge in [0.05, 0.1) is 24.7 Å². The first kappa shape index (κ1) is 37.7. The smallest absolute Gasteiger partial charge is 0.407 e. The molecule has 4 atom stereocenters. The summed E-state index contributed by atoms with van der Waals surface area (Å²) in [5.41, 5.74) is 2.31. The number of aliphatic hydroxyl groups excluding tert-OH is 2. The van der Waals surface area contributed by atoms with Crippen molar-refractivity contribution in [1.29, 1.82) is 0 Å². The Hall–Kier alpha value is -3.77. The van der Waals surface area contributed by atoms with Gasteiger partial charge in [0.2, 0.25) is 15.9 Å². The van der Waals surface area contributed by atoms with Gasteiger partial charge in [-0.3, -0.25) is 4.79 Å². The number of benzene rings is 3. The van der Waals surface area contributed by atoms with Crippen molar-refractivity contribution in [3.05, 3.63) is 102 Å². The zero-order valence-corrected chi connectivity index (χ0v) is 28.7. The Morgan fingerprint density at radius 2 is 1.38 bits per heavy atom. The van der Waals surface area contributed by atoms with E-state index in [0.717, 1.165) is 11.1 Å². The highest BCUT2D eigenvalue weighted by Crippen LogP contribution is 2.29. The molecule has 3 aromatic rings. The number of carbonyl (C=O) groups is 2. The Morgan fingerprint density at radius 1 is 0.830 bits per heavy atom. The van der Waals surface area contributed by atoms with Crippen molar-refractivity contribution in [2.45, 2.75) is 94.5 Å². The van der Waals surface area contributed by atoms with Crippen LogP contribution in [0.25, 0.3) is 0 Å².